The molecule has 0 saturated heterocycles. The number of halogens is 1. The summed E-state index contributed by atoms with van der Waals surface area (Å²) >= 11 is 5.83. The van der Waals surface area contributed by atoms with Crippen molar-refractivity contribution in [2.45, 2.75) is 45.6 Å². The van der Waals surface area contributed by atoms with Crippen molar-refractivity contribution in [1.29, 1.82) is 0 Å². The van der Waals surface area contributed by atoms with E-state index in [1.54, 1.807) is 24.3 Å². The first-order valence-electron chi connectivity index (χ1n) is 7.22. The molecule has 0 aliphatic rings. The van der Waals surface area contributed by atoms with Gasteiger partial charge in [-0.25, -0.2) is 0 Å². The molecule has 0 bridgehead atoms. The number of carbonyl (C=O) groups is 2. The minimum absolute atomic E-state index is 0.107. The molecule has 1 aromatic rings. The predicted octanol–water partition coefficient (Wildman–Crippen LogP) is 3.80. The Kier molecular flexibility index (Phi) is 7.23. The molecule has 0 unspecified atom stereocenters. The smallest absolute Gasteiger partial charge is 0.305 e. The number of carboxylic acid groups (broad SMARTS) is 1. The maximum atomic E-state index is 12.1. The molecule has 0 aliphatic carbocycles. The number of carbonyl (C=O) groups excluding carboxylic acids is 1. The van der Waals surface area contributed by atoms with Crippen molar-refractivity contribution in [1.82, 2.24) is 5.32 Å². The number of nitrogens with one attached hydrogen (secondary N) is 1. The van der Waals surface area contributed by atoms with Gasteiger partial charge in [-0.15, -0.1) is 0 Å². The van der Waals surface area contributed by atoms with E-state index in [-0.39, 0.29) is 12.3 Å². The van der Waals surface area contributed by atoms with E-state index in [1.807, 2.05) is 0 Å². The van der Waals surface area contributed by atoms with Gasteiger partial charge in [0.1, 0.15) is 0 Å². The molecule has 5 heteroatoms. The Morgan fingerprint density at radius 1 is 1.14 bits per heavy atom. The SMILES string of the molecule is CCC(CC)CC(=O)N[C@@H](CC(=O)O)c1ccc(Cl)cc1. The van der Waals surface area contributed by atoms with Crippen LogP contribution >= 0.6 is 11.6 Å². The molecular formula is C16H22ClNO3. The van der Waals surface area contributed by atoms with Gasteiger partial charge in [0, 0.05) is 11.4 Å². The lowest BCUT2D eigenvalue weighted by atomic mass is 9.98. The standard InChI is InChI=1S/C16H22ClNO3/c1-3-11(4-2)9-15(19)18-14(10-16(20)21)12-5-7-13(17)8-6-12/h5-8,11,14H,3-4,9-10H2,1-2H3,(H,18,19)(H,20,21)/t14-/m0/s1. The quantitative estimate of drug-likeness (QED) is 0.767. The third-order valence-corrected chi connectivity index (χ3v) is 3.87. The summed E-state index contributed by atoms with van der Waals surface area (Å²) in [5.74, 6) is -0.719. The average Bonchev–Trinajstić information content (AvgIpc) is 2.44. The zero-order valence-corrected chi connectivity index (χ0v) is 13.2. The van der Waals surface area contributed by atoms with Gasteiger partial charge in [0.25, 0.3) is 0 Å². The summed E-state index contributed by atoms with van der Waals surface area (Å²) in [5.41, 5.74) is 0.750. The van der Waals surface area contributed by atoms with Crippen LogP contribution in [0.25, 0.3) is 0 Å². The van der Waals surface area contributed by atoms with Crippen LogP contribution in [0.1, 0.15) is 51.1 Å². The molecule has 1 aromatic carbocycles. The van der Waals surface area contributed by atoms with Crippen LogP contribution in [0.5, 0.6) is 0 Å². The Labute approximate surface area is 130 Å². The number of aliphatic carboxylic acids is 1. The summed E-state index contributed by atoms with van der Waals surface area (Å²) in [5, 5.41) is 12.4. The maximum absolute atomic E-state index is 12.1. The molecular weight excluding hydrogens is 290 g/mol. The topological polar surface area (TPSA) is 66.4 Å². The molecule has 2 N–H and O–H groups in total. The van der Waals surface area contributed by atoms with Crippen LogP contribution in [0.4, 0.5) is 0 Å². The van der Waals surface area contributed by atoms with Crippen molar-refractivity contribution >= 4 is 23.5 Å². The van der Waals surface area contributed by atoms with E-state index >= 15 is 0 Å². The van der Waals surface area contributed by atoms with Gasteiger partial charge >= 0.3 is 5.97 Å². The minimum Gasteiger partial charge on any atom is -0.481 e. The number of hydrogen-bond donors (Lipinski definition) is 2. The molecule has 4 nitrogen and oxygen atoms in total. The summed E-state index contributed by atoms with van der Waals surface area (Å²) in [4.78, 5) is 23.1. The summed E-state index contributed by atoms with van der Waals surface area (Å²) in [6, 6.07) is 6.35. The molecule has 21 heavy (non-hydrogen) atoms. The summed E-state index contributed by atoms with van der Waals surface area (Å²) in [7, 11) is 0. The minimum atomic E-state index is -0.946. The van der Waals surface area contributed by atoms with Gasteiger partial charge < -0.3 is 10.4 Å². The van der Waals surface area contributed by atoms with Gasteiger partial charge in [-0.05, 0) is 23.6 Å². The highest BCUT2D eigenvalue weighted by Gasteiger charge is 2.19. The zero-order chi connectivity index (χ0) is 15.8. The fraction of sp³-hybridized carbons (Fsp3) is 0.500. The lowest BCUT2D eigenvalue weighted by molar-refractivity contribution is -0.137. The first kappa shape index (κ1) is 17.5. The monoisotopic (exact) mass is 311 g/mol. The van der Waals surface area contributed by atoms with Gasteiger partial charge in [-0.3, -0.25) is 9.59 Å². The lowest BCUT2D eigenvalue weighted by Gasteiger charge is -2.19. The summed E-state index contributed by atoms with van der Waals surface area (Å²) < 4.78 is 0. The molecule has 0 fully saturated rings. The molecule has 1 amide bonds. The van der Waals surface area contributed by atoms with Crippen LogP contribution < -0.4 is 5.32 Å². The lowest BCUT2D eigenvalue weighted by Crippen LogP contribution is -2.31. The van der Waals surface area contributed by atoms with E-state index in [9.17, 15) is 9.59 Å². The summed E-state index contributed by atoms with van der Waals surface area (Å²) in [6.07, 6.45) is 2.16. The molecule has 0 heterocycles. The van der Waals surface area contributed by atoms with Crippen molar-refractivity contribution < 1.29 is 14.7 Å². The fourth-order valence-electron chi connectivity index (χ4n) is 2.21. The van der Waals surface area contributed by atoms with E-state index in [2.05, 4.69) is 19.2 Å². The first-order chi connectivity index (χ1) is 9.96. The van der Waals surface area contributed by atoms with Crippen LogP contribution in [0.15, 0.2) is 24.3 Å². The van der Waals surface area contributed by atoms with E-state index in [1.165, 1.54) is 0 Å². The number of amides is 1. The second kappa shape index (κ2) is 8.67. The number of hydrogen-bond acceptors (Lipinski definition) is 2. The third-order valence-electron chi connectivity index (χ3n) is 3.62. The van der Waals surface area contributed by atoms with Gasteiger partial charge in [-0.2, -0.15) is 0 Å². The zero-order valence-electron chi connectivity index (χ0n) is 12.4. The molecule has 0 aliphatic heterocycles. The number of rotatable bonds is 8. The molecule has 0 saturated carbocycles. The normalized spacial score (nSPS) is 12.2. The van der Waals surface area contributed by atoms with Crippen LogP contribution in [-0.4, -0.2) is 17.0 Å². The Morgan fingerprint density at radius 2 is 1.71 bits per heavy atom. The van der Waals surface area contributed by atoms with Crippen LogP contribution in [-0.2, 0) is 9.59 Å². The molecule has 0 spiro atoms. The summed E-state index contributed by atoms with van der Waals surface area (Å²) in [6.45, 7) is 4.10. The van der Waals surface area contributed by atoms with Crippen molar-refractivity contribution in [2.24, 2.45) is 5.92 Å². The van der Waals surface area contributed by atoms with Crippen LogP contribution in [0.2, 0.25) is 5.02 Å². The largest absolute Gasteiger partial charge is 0.481 e. The van der Waals surface area contributed by atoms with Gasteiger partial charge in [-0.1, -0.05) is 50.4 Å². The van der Waals surface area contributed by atoms with E-state index in [4.69, 9.17) is 16.7 Å². The van der Waals surface area contributed by atoms with E-state index in [0.717, 1.165) is 18.4 Å². The average molecular weight is 312 g/mol. The van der Waals surface area contributed by atoms with E-state index < -0.39 is 12.0 Å². The van der Waals surface area contributed by atoms with Gasteiger partial charge in [0.2, 0.25) is 5.91 Å². The molecule has 1 atom stereocenters. The number of benzene rings is 1. The van der Waals surface area contributed by atoms with Crippen LogP contribution in [0, 0.1) is 5.92 Å². The second-order valence-electron chi connectivity index (χ2n) is 5.16. The highest BCUT2D eigenvalue weighted by molar-refractivity contribution is 6.30. The maximum Gasteiger partial charge on any atom is 0.305 e. The molecule has 0 radical (unpaired) electrons. The van der Waals surface area contributed by atoms with Crippen molar-refractivity contribution in [3.63, 3.8) is 0 Å². The Morgan fingerprint density at radius 3 is 2.19 bits per heavy atom. The van der Waals surface area contributed by atoms with E-state index in [0.29, 0.717) is 17.4 Å². The van der Waals surface area contributed by atoms with Gasteiger partial charge in [0.05, 0.1) is 12.5 Å². The van der Waals surface area contributed by atoms with Crippen molar-refractivity contribution in [2.75, 3.05) is 0 Å². The predicted molar refractivity (Wildman–Crippen MR) is 83.3 cm³/mol. The van der Waals surface area contributed by atoms with Crippen molar-refractivity contribution in [3.8, 4) is 0 Å². The first-order valence-corrected chi connectivity index (χ1v) is 7.60. The van der Waals surface area contributed by atoms with Crippen molar-refractivity contribution in [3.05, 3.63) is 34.9 Å². The number of carboxylic acids is 1. The highest BCUT2D eigenvalue weighted by Crippen LogP contribution is 2.21. The Balaban J connectivity index is 2.76. The Bertz CT molecular complexity index is 469. The van der Waals surface area contributed by atoms with Gasteiger partial charge in [0.15, 0.2) is 0 Å². The third kappa shape index (κ3) is 6.17. The second-order valence-corrected chi connectivity index (χ2v) is 5.59. The molecule has 116 valence electrons. The van der Waals surface area contributed by atoms with Crippen LogP contribution in [0.3, 0.4) is 0 Å². The molecule has 1 rings (SSSR count). The highest BCUT2D eigenvalue weighted by atomic mass is 35.5. The fourth-order valence-corrected chi connectivity index (χ4v) is 2.34. The molecule has 0 aromatic heterocycles. The Hall–Kier alpha value is -1.55.